The zero-order chi connectivity index (χ0) is 14.9. The number of halogens is 1. The Hall–Kier alpha value is -0.000000000000000222. The molecule has 0 atom stereocenters. The molecule has 0 saturated heterocycles. The van der Waals surface area contributed by atoms with E-state index < -0.39 is 5.97 Å². The average Bonchev–Trinajstić information content (AvgIpc) is 2.43. The van der Waals surface area contributed by atoms with Gasteiger partial charge in [0, 0.05) is 4.43 Å². The van der Waals surface area contributed by atoms with E-state index in [1.165, 1.54) is 0 Å². The standard InChI is InChI=1S/C12H23IO7/c13-1-2-16-3-4-17-5-6-18-7-8-19-9-10-20-11-12(14)15/h1-11H2,(H,14,15). The molecule has 0 spiro atoms. The number of ether oxygens (including phenoxy) is 5. The molecule has 0 amide bonds. The van der Waals surface area contributed by atoms with Crippen molar-refractivity contribution in [2.24, 2.45) is 0 Å². The van der Waals surface area contributed by atoms with Gasteiger partial charge in [0.05, 0.1) is 59.5 Å². The maximum Gasteiger partial charge on any atom is 0.329 e. The molecule has 0 heterocycles. The Morgan fingerprint density at radius 2 is 1.05 bits per heavy atom. The minimum absolute atomic E-state index is 0.270. The van der Waals surface area contributed by atoms with E-state index in [2.05, 4.69) is 22.6 Å². The molecule has 8 heteroatoms. The number of carboxylic acid groups (broad SMARTS) is 1. The van der Waals surface area contributed by atoms with Crippen molar-refractivity contribution >= 4 is 28.6 Å². The number of carboxylic acids is 1. The largest absolute Gasteiger partial charge is 0.480 e. The van der Waals surface area contributed by atoms with E-state index in [0.29, 0.717) is 46.2 Å². The molecule has 120 valence electrons. The number of aliphatic carboxylic acids is 1. The van der Waals surface area contributed by atoms with Crippen molar-refractivity contribution in [3.8, 4) is 0 Å². The highest BCUT2D eigenvalue weighted by atomic mass is 127. The van der Waals surface area contributed by atoms with Crippen molar-refractivity contribution in [2.45, 2.75) is 0 Å². The van der Waals surface area contributed by atoms with Crippen LogP contribution in [0.5, 0.6) is 0 Å². The van der Waals surface area contributed by atoms with Gasteiger partial charge in [0.1, 0.15) is 6.61 Å². The van der Waals surface area contributed by atoms with Crippen LogP contribution in [0, 0.1) is 0 Å². The molecule has 1 N–H and O–H groups in total. The van der Waals surface area contributed by atoms with Crippen LogP contribution in [-0.2, 0) is 28.5 Å². The van der Waals surface area contributed by atoms with Crippen LogP contribution in [0.15, 0.2) is 0 Å². The topological polar surface area (TPSA) is 83.5 Å². The molecule has 0 aliphatic rings. The Morgan fingerprint density at radius 3 is 1.40 bits per heavy atom. The predicted octanol–water partition coefficient (Wildman–Crippen LogP) is 0.589. The monoisotopic (exact) mass is 406 g/mol. The molecule has 0 fully saturated rings. The highest BCUT2D eigenvalue weighted by Crippen LogP contribution is 1.85. The molecule has 20 heavy (non-hydrogen) atoms. The summed E-state index contributed by atoms with van der Waals surface area (Å²) in [6, 6.07) is 0. The predicted molar refractivity (Wildman–Crippen MR) is 80.6 cm³/mol. The first-order chi connectivity index (χ1) is 9.77. The van der Waals surface area contributed by atoms with Crippen molar-refractivity contribution in [2.75, 3.05) is 70.5 Å². The molecule has 0 bridgehead atoms. The third kappa shape index (κ3) is 18.0. The molecular formula is C12H23IO7. The summed E-state index contributed by atoms with van der Waals surface area (Å²) in [7, 11) is 0. The van der Waals surface area contributed by atoms with Gasteiger partial charge in [-0.15, -0.1) is 0 Å². The fourth-order valence-electron chi connectivity index (χ4n) is 1.09. The van der Waals surface area contributed by atoms with E-state index in [9.17, 15) is 4.79 Å². The van der Waals surface area contributed by atoms with E-state index in [1.54, 1.807) is 0 Å². The molecule has 0 unspecified atom stereocenters. The van der Waals surface area contributed by atoms with Crippen molar-refractivity contribution in [3.63, 3.8) is 0 Å². The first-order valence-corrected chi connectivity index (χ1v) is 7.96. The van der Waals surface area contributed by atoms with Crippen LogP contribution in [0.25, 0.3) is 0 Å². The van der Waals surface area contributed by atoms with Crippen molar-refractivity contribution in [3.05, 3.63) is 0 Å². The van der Waals surface area contributed by atoms with Gasteiger partial charge in [-0.1, -0.05) is 22.6 Å². The molecule has 7 nitrogen and oxygen atoms in total. The summed E-state index contributed by atoms with van der Waals surface area (Å²) >= 11 is 2.26. The normalized spacial score (nSPS) is 10.8. The Morgan fingerprint density at radius 1 is 0.700 bits per heavy atom. The summed E-state index contributed by atoms with van der Waals surface area (Å²) < 4.78 is 26.8. The lowest BCUT2D eigenvalue weighted by Crippen LogP contribution is -2.14. The summed E-state index contributed by atoms with van der Waals surface area (Å²) in [5.74, 6) is -0.979. The van der Waals surface area contributed by atoms with Gasteiger partial charge in [-0.2, -0.15) is 0 Å². The third-order valence-corrected chi connectivity index (χ3v) is 2.38. The van der Waals surface area contributed by atoms with Crippen molar-refractivity contribution in [1.82, 2.24) is 0 Å². The number of hydrogen-bond donors (Lipinski definition) is 1. The molecule has 0 aromatic carbocycles. The summed E-state index contributed by atoms with van der Waals surface area (Å²) in [6.45, 7) is 4.28. The van der Waals surface area contributed by atoms with Gasteiger partial charge in [-0.05, 0) is 0 Å². The van der Waals surface area contributed by atoms with Gasteiger partial charge < -0.3 is 28.8 Å². The average molecular weight is 406 g/mol. The Kier molecular flexibility index (Phi) is 17.1. The minimum Gasteiger partial charge on any atom is -0.480 e. The first-order valence-electron chi connectivity index (χ1n) is 6.44. The second kappa shape index (κ2) is 17.1. The van der Waals surface area contributed by atoms with Gasteiger partial charge in [0.2, 0.25) is 0 Å². The second-order valence-corrected chi connectivity index (χ2v) is 4.66. The number of carbonyl (C=O) groups is 1. The summed E-state index contributed by atoms with van der Waals surface area (Å²) in [4.78, 5) is 10.1. The van der Waals surface area contributed by atoms with Gasteiger partial charge >= 0.3 is 5.97 Å². The molecule has 0 aliphatic heterocycles. The quantitative estimate of drug-likeness (QED) is 0.228. The highest BCUT2D eigenvalue weighted by molar-refractivity contribution is 14.1. The van der Waals surface area contributed by atoms with E-state index in [1.807, 2.05) is 0 Å². The lowest BCUT2D eigenvalue weighted by molar-refractivity contribution is -0.142. The van der Waals surface area contributed by atoms with Crippen LogP contribution < -0.4 is 0 Å². The zero-order valence-corrected chi connectivity index (χ0v) is 13.7. The van der Waals surface area contributed by atoms with Crippen LogP contribution in [0.3, 0.4) is 0 Å². The van der Waals surface area contributed by atoms with Gasteiger partial charge in [0.15, 0.2) is 0 Å². The fraction of sp³-hybridized carbons (Fsp3) is 0.917. The summed E-state index contributed by atoms with van der Waals surface area (Å²) in [5.41, 5.74) is 0. The number of hydrogen-bond acceptors (Lipinski definition) is 6. The van der Waals surface area contributed by atoms with Crippen LogP contribution in [-0.4, -0.2) is 81.6 Å². The summed E-state index contributed by atoms with van der Waals surface area (Å²) in [5, 5.41) is 8.31. The second-order valence-electron chi connectivity index (χ2n) is 3.58. The Balaban J connectivity index is 2.94. The van der Waals surface area contributed by atoms with Crippen LogP contribution in [0.2, 0.25) is 0 Å². The molecule has 0 aromatic rings. The van der Waals surface area contributed by atoms with E-state index in [-0.39, 0.29) is 13.2 Å². The molecule has 0 aliphatic carbocycles. The SMILES string of the molecule is O=C(O)COCCOCCOCCOCCOCCI. The Labute approximate surface area is 133 Å². The number of rotatable bonds is 16. The first kappa shape index (κ1) is 20.0. The zero-order valence-electron chi connectivity index (χ0n) is 11.6. The molecule has 0 rings (SSSR count). The lowest BCUT2D eigenvalue weighted by atomic mass is 10.7. The van der Waals surface area contributed by atoms with E-state index in [4.69, 9.17) is 28.8 Å². The molecule has 0 radical (unpaired) electrons. The lowest BCUT2D eigenvalue weighted by Gasteiger charge is -2.07. The van der Waals surface area contributed by atoms with E-state index >= 15 is 0 Å². The molecular weight excluding hydrogens is 383 g/mol. The maximum atomic E-state index is 10.1. The van der Waals surface area contributed by atoms with Crippen molar-refractivity contribution < 1.29 is 33.6 Å². The highest BCUT2D eigenvalue weighted by Gasteiger charge is 1.96. The van der Waals surface area contributed by atoms with Gasteiger partial charge in [-0.3, -0.25) is 0 Å². The third-order valence-electron chi connectivity index (χ3n) is 1.94. The van der Waals surface area contributed by atoms with Gasteiger partial charge in [-0.25, -0.2) is 4.79 Å². The van der Waals surface area contributed by atoms with Crippen LogP contribution in [0.4, 0.5) is 0 Å². The minimum atomic E-state index is -0.979. The Bertz CT molecular complexity index is 216. The molecule has 0 aromatic heterocycles. The summed E-state index contributed by atoms with van der Waals surface area (Å²) in [6.07, 6.45) is 0. The molecule has 0 saturated carbocycles. The maximum absolute atomic E-state index is 10.1. The van der Waals surface area contributed by atoms with Crippen LogP contribution in [0.1, 0.15) is 0 Å². The fourth-order valence-corrected chi connectivity index (χ4v) is 1.41. The van der Waals surface area contributed by atoms with Crippen molar-refractivity contribution in [1.29, 1.82) is 0 Å². The van der Waals surface area contributed by atoms with Gasteiger partial charge in [0.25, 0.3) is 0 Å². The smallest absolute Gasteiger partial charge is 0.329 e. The number of alkyl halides is 1. The van der Waals surface area contributed by atoms with E-state index in [0.717, 1.165) is 11.0 Å². The van der Waals surface area contributed by atoms with Crippen LogP contribution >= 0.6 is 22.6 Å².